The zero-order chi connectivity index (χ0) is 8.43. The first-order chi connectivity index (χ1) is 5.11. The van der Waals surface area contributed by atoms with E-state index in [1.165, 1.54) is 24.5 Å². The molecule has 1 aromatic carbocycles. The van der Waals surface area contributed by atoms with Gasteiger partial charge in [-0.2, -0.15) is 0 Å². The normalized spacial score (nSPS) is 13.1. The van der Waals surface area contributed by atoms with Gasteiger partial charge in [-0.3, -0.25) is 0 Å². The molecule has 0 amide bonds. The van der Waals surface area contributed by atoms with Crippen molar-refractivity contribution in [3.63, 3.8) is 0 Å². The van der Waals surface area contributed by atoms with Crippen molar-refractivity contribution in [1.29, 1.82) is 0 Å². The van der Waals surface area contributed by atoms with Crippen molar-refractivity contribution in [3.8, 4) is 0 Å². The summed E-state index contributed by atoms with van der Waals surface area (Å²) in [5.74, 6) is -0.485. The molecule has 4 heteroatoms. The molecule has 0 aliphatic heterocycles. The molecule has 1 atom stereocenters. The van der Waals surface area contributed by atoms with Crippen LogP contribution < -0.4 is 0 Å². The van der Waals surface area contributed by atoms with E-state index in [2.05, 4.69) is 0 Å². The van der Waals surface area contributed by atoms with Crippen LogP contribution in [0.3, 0.4) is 0 Å². The third-order valence-corrected chi connectivity index (χ3v) is 2.43. The van der Waals surface area contributed by atoms with Crippen molar-refractivity contribution in [2.75, 3.05) is 6.26 Å². The quantitative estimate of drug-likeness (QED) is 0.626. The minimum atomic E-state index is -1.10. The molecular formula is C7H6ClFOS. The summed E-state index contributed by atoms with van der Waals surface area (Å²) < 4.78 is 23.4. The molecule has 1 aromatic rings. The van der Waals surface area contributed by atoms with Crippen molar-refractivity contribution < 1.29 is 8.94 Å². The second-order valence-electron chi connectivity index (χ2n) is 2.03. The van der Waals surface area contributed by atoms with Gasteiger partial charge in [0.15, 0.2) is 4.90 Å². The Balaban J connectivity index is 3.05. The van der Waals surface area contributed by atoms with E-state index in [0.29, 0.717) is 4.90 Å². The minimum absolute atomic E-state index is 0.0118. The molecule has 0 N–H and O–H groups in total. The zero-order valence-corrected chi connectivity index (χ0v) is 7.38. The fraction of sp³-hybridized carbons (Fsp3) is 0.143. The molecule has 0 saturated heterocycles. The van der Waals surface area contributed by atoms with Crippen LogP contribution in [0.4, 0.5) is 4.39 Å². The Morgan fingerprint density at radius 1 is 1.55 bits per heavy atom. The van der Waals surface area contributed by atoms with Crippen LogP contribution in [0, 0.1) is 5.82 Å². The van der Waals surface area contributed by atoms with E-state index < -0.39 is 17.0 Å². The summed E-state index contributed by atoms with van der Waals surface area (Å²) in [4.78, 5) is 0.538. The first-order valence-corrected chi connectivity index (χ1v) is 4.83. The van der Waals surface area contributed by atoms with Crippen LogP contribution >= 0.6 is 11.6 Å². The second-order valence-corrected chi connectivity index (χ2v) is 3.82. The number of rotatable bonds is 1. The predicted octanol–water partition coefficient (Wildman–Crippen LogP) is 2.22. The summed E-state index contributed by atoms with van der Waals surface area (Å²) in [6.07, 6.45) is 1.52. The van der Waals surface area contributed by atoms with Crippen LogP contribution in [0.1, 0.15) is 0 Å². The first-order valence-electron chi connectivity index (χ1n) is 2.90. The Hall–Kier alpha value is -0.250. The molecule has 0 radical (unpaired) electrons. The van der Waals surface area contributed by atoms with Crippen LogP contribution in [0.25, 0.3) is 0 Å². The van der Waals surface area contributed by atoms with Gasteiger partial charge < -0.3 is 4.55 Å². The highest BCUT2D eigenvalue weighted by Gasteiger charge is 2.06. The monoisotopic (exact) mass is 192 g/mol. The largest absolute Gasteiger partial charge is 0.612 e. The average Bonchev–Trinajstić information content (AvgIpc) is 1.94. The fourth-order valence-electron chi connectivity index (χ4n) is 0.656. The molecule has 0 heterocycles. The highest BCUT2D eigenvalue weighted by Crippen LogP contribution is 2.18. The van der Waals surface area contributed by atoms with Crippen LogP contribution in [0.2, 0.25) is 5.02 Å². The molecule has 0 aromatic heterocycles. The van der Waals surface area contributed by atoms with Gasteiger partial charge in [0.05, 0.1) is 5.02 Å². The topological polar surface area (TPSA) is 23.1 Å². The van der Waals surface area contributed by atoms with Gasteiger partial charge in [0, 0.05) is 6.07 Å². The van der Waals surface area contributed by atoms with Crippen LogP contribution in [0.5, 0.6) is 0 Å². The first kappa shape index (κ1) is 8.84. The highest BCUT2D eigenvalue weighted by molar-refractivity contribution is 7.90. The van der Waals surface area contributed by atoms with Gasteiger partial charge in [-0.15, -0.1) is 0 Å². The number of hydrogen-bond donors (Lipinski definition) is 0. The summed E-state index contributed by atoms with van der Waals surface area (Å²) in [5.41, 5.74) is 0. The zero-order valence-electron chi connectivity index (χ0n) is 5.80. The predicted molar refractivity (Wildman–Crippen MR) is 43.7 cm³/mol. The SMILES string of the molecule is C[S+]([O-])c1ccc(F)c(Cl)c1. The van der Waals surface area contributed by atoms with E-state index in [9.17, 15) is 8.94 Å². The summed E-state index contributed by atoms with van der Waals surface area (Å²) >= 11 is 4.35. The number of hydrogen-bond acceptors (Lipinski definition) is 1. The Kier molecular flexibility index (Phi) is 2.76. The molecule has 0 spiro atoms. The van der Waals surface area contributed by atoms with Crippen LogP contribution in [0.15, 0.2) is 23.1 Å². The van der Waals surface area contributed by atoms with E-state index in [1.54, 1.807) is 0 Å². The standard InChI is InChI=1S/C7H6ClFOS/c1-11(10)5-2-3-7(9)6(8)4-5/h2-4H,1H3. The van der Waals surface area contributed by atoms with Crippen molar-refractivity contribution >= 4 is 22.8 Å². The molecule has 11 heavy (non-hydrogen) atoms. The minimum Gasteiger partial charge on any atom is -0.612 e. The van der Waals surface area contributed by atoms with E-state index in [-0.39, 0.29) is 5.02 Å². The molecular weight excluding hydrogens is 187 g/mol. The van der Waals surface area contributed by atoms with E-state index in [1.807, 2.05) is 0 Å². The van der Waals surface area contributed by atoms with Gasteiger partial charge in [0.1, 0.15) is 12.1 Å². The van der Waals surface area contributed by atoms with Crippen LogP contribution in [-0.2, 0) is 11.2 Å². The molecule has 1 unspecified atom stereocenters. The van der Waals surface area contributed by atoms with Crippen molar-refractivity contribution in [2.45, 2.75) is 4.90 Å². The molecule has 0 bridgehead atoms. The fourth-order valence-corrected chi connectivity index (χ4v) is 1.44. The smallest absolute Gasteiger partial charge is 0.154 e. The summed E-state index contributed by atoms with van der Waals surface area (Å²) in [6.45, 7) is 0. The second kappa shape index (κ2) is 3.43. The van der Waals surface area contributed by atoms with Gasteiger partial charge in [-0.1, -0.05) is 11.6 Å². The summed E-state index contributed by atoms with van der Waals surface area (Å²) in [7, 11) is 0. The maximum atomic E-state index is 12.5. The van der Waals surface area contributed by atoms with Gasteiger partial charge in [-0.05, 0) is 23.3 Å². The molecule has 1 rings (SSSR count). The Morgan fingerprint density at radius 3 is 2.64 bits per heavy atom. The Morgan fingerprint density at radius 2 is 2.18 bits per heavy atom. The van der Waals surface area contributed by atoms with Gasteiger partial charge in [0.25, 0.3) is 0 Å². The molecule has 0 aliphatic rings. The molecule has 60 valence electrons. The third kappa shape index (κ3) is 2.09. The average molecular weight is 193 g/mol. The lowest BCUT2D eigenvalue weighted by Crippen LogP contribution is -1.96. The lowest BCUT2D eigenvalue weighted by molar-refractivity contribution is 0.599. The van der Waals surface area contributed by atoms with Gasteiger partial charge in [0.2, 0.25) is 0 Å². The Labute approximate surface area is 72.4 Å². The van der Waals surface area contributed by atoms with Crippen molar-refractivity contribution in [3.05, 3.63) is 29.0 Å². The van der Waals surface area contributed by atoms with E-state index in [0.717, 1.165) is 0 Å². The van der Waals surface area contributed by atoms with Crippen molar-refractivity contribution in [1.82, 2.24) is 0 Å². The summed E-state index contributed by atoms with van der Waals surface area (Å²) in [5, 5.41) is 0.0118. The van der Waals surface area contributed by atoms with E-state index in [4.69, 9.17) is 11.6 Å². The van der Waals surface area contributed by atoms with Crippen molar-refractivity contribution in [2.24, 2.45) is 0 Å². The van der Waals surface area contributed by atoms with Gasteiger partial charge >= 0.3 is 0 Å². The lowest BCUT2D eigenvalue weighted by atomic mass is 10.3. The molecule has 0 aliphatic carbocycles. The number of halogens is 2. The molecule has 0 fully saturated rings. The molecule has 0 saturated carbocycles. The third-order valence-electron chi connectivity index (χ3n) is 1.22. The number of benzene rings is 1. The summed E-state index contributed by atoms with van der Waals surface area (Å²) in [6, 6.07) is 4.03. The lowest BCUT2D eigenvalue weighted by Gasteiger charge is -2.03. The maximum Gasteiger partial charge on any atom is 0.154 e. The molecule has 1 nitrogen and oxygen atoms in total. The van der Waals surface area contributed by atoms with E-state index >= 15 is 0 Å². The van der Waals surface area contributed by atoms with Crippen LogP contribution in [-0.4, -0.2) is 10.8 Å². The Bertz CT molecular complexity index is 265. The van der Waals surface area contributed by atoms with Gasteiger partial charge in [-0.25, -0.2) is 4.39 Å². The highest BCUT2D eigenvalue weighted by atomic mass is 35.5. The maximum absolute atomic E-state index is 12.5.